The monoisotopic (exact) mass is 332 g/mol. The fourth-order valence-corrected chi connectivity index (χ4v) is 3.14. The number of aromatic nitrogens is 2. The van der Waals surface area contributed by atoms with Gasteiger partial charge in [-0.05, 0) is 31.3 Å². The highest BCUT2D eigenvalue weighted by atomic mass is 32.1. The number of aryl methyl sites for hydroxylation is 1. The molecule has 0 saturated carbocycles. The van der Waals surface area contributed by atoms with E-state index in [1.54, 1.807) is 0 Å². The lowest BCUT2D eigenvalue weighted by Gasteiger charge is -2.36. The second-order valence-electron chi connectivity index (χ2n) is 5.81. The van der Waals surface area contributed by atoms with Gasteiger partial charge in [-0.2, -0.15) is 0 Å². The van der Waals surface area contributed by atoms with Gasteiger partial charge in [0.1, 0.15) is 5.75 Å². The van der Waals surface area contributed by atoms with Crippen molar-refractivity contribution in [3.8, 4) is 5.75 Å². The van der Waals surface area contributed by atoms with Crippen molar-refractivity contribution in [1.29, 1.82) is 0 Å². The Hall–Kier alpha value is -1.79. The van der Waals surface area contributed by atoms with Crippen molar-refractivity contribution < 1.29 is 4.74 Å². The standard InChI is InChI=1S/C17H24N4OS/c1-3-22-16-7-5-4-6-15(16)20-12-9-19(10-13-20)14-21-11-8-18(2)17(21)23/h4-8,11H,3,9-10,12-14H2,1-2H3. The van der Waals surface area contributed by atoms with Crippen molar-refractivity contribution in [2.45, 2.75) is 13.6 Å². The fraction of sp³-hybridized carbons (Fsp3) is 0.471. The molecule has 3 rings (SSSR count). The van der Waals surface area contributed by atoms with Crippen LogP contribution >= 0.6 is 12.2 Å². The zero-order valence-corrected chi connectivity index (χ0v) is 14.6. The van der Waals surface area contributed by atoms with Gasteiger partial charge in [-0.25, -0.2) is 0 Å². The van der Waals surface area contributed by atoms with Crippen LogP contribution in [0.2, 0.25) is 0 Å². The molecule has 1 aromatic heterocycles. The molecule has 1 aliphatic heterocycles. The van der Waals surface area contributed by atoms with Crippen LogP contribution in [0.1, 0.15) is 6.92 Å². The van der Waals surface area contributed by atoms with Crippen LogP contribution in [-0.2, 0) is 13.7 Å². The highest BCUT2D eigenvalue weighted by molar-refractivity contribution is 7.71. The van der Waals surface area contributed by atoms with Crippen LogP contribution in [0.3, 0.4) is 0 Å². The van der Waals surface area contributed by atoms with Crippen LogP contribution in [0.4, 0.5) is 5.69 Å². The lowest BCUT2D eigenvalue weighted by molar-refractivity contribution is 0.204. The quantitative estimate of drug-likeness (QED) is 0.786. The molecule has 1 fully saturated rings. The Morgan fingerprint density at radius 1 is 1.09 bits per heavy atom. The van der Waals surface area contributed by atoms with Crippen molar-refractivity contribution in [2.75, 3.05) is 37.7 Å². The Morgan fingerprint density at radius 2 is 1.83 bits per heavy atom. The molecule has 0 spiro atoms. The maximum atomic E-state index is 5.76. The van der Waals surface area contributed by atoms with Gasteiger partial charge in [-0.1, -0.05) is 12.1 Å². The van der Waals surface area contributed by atoms with E-state index in [0.717, 1.165) is 43.4 Å². The molecule has 5 nitrogen and oxygen atoms in total. The number of benzene rings is 1. The summed E-state index contributed by atoms with van der Waals surface area (Å²) in [6.45, 7) is 7.64. The summed E-state index contributed by atoms with van der Waals surface area (Å²) in [5.41, 5.74) is 1.20. The van der Waals surface area contributed by atoms with Crippen LogP contribution in [0.5, 0.6) is 5.75 Å². The minimum atomic E-state index is 0.698. The molecule has 6 heteroatoms. The zero-order valence-electron chi connectivity index (χ0n) is 13.8. The van der Waals surface area contributed by atoms with E-state index in [4.69, 9.17) is 17.0 Å². The zero-order chi connectivity index (χ0) is 16.2. The summed E-state index contributed by atoms with van der Waals surface area (Å²) in [6, 6.07) is 8.30. The molecule has 1 aliphatic rings. The fourth-order valence-electron chi connectivity index (χ4n) is 2.96. The van der Waals surface area contributed by atoms with E-state index in [0.29, 0.717) is 6.61 Å². The topological polar surface area (TPSA) is 25.6 Å². The molecule has 0 bridgehead atoms. The summed E-state index contributed by atoms with van der Waals surface area (Å²) < 4.78 is 10.7. The first kappa shape index (κ1) is 16.1. The van der Waals surface area contributed by atoms with Gasteiger partial charge in [-0.3, -0.25) is 4.90 Å². The second kappa shape index (κ2) is 7.19. The van der Waals surface area contributed by atoms with Gasteiger partial charge in [0.15, 0.2) is 4.77 Å². The van der Waals surface area contributed by atoms with Crippen LogP contribution in [0.15, 0.2) is 36.7 Å². The second-order valence-corrected chi connectivity index (χ2v) is 6.17. The van der Waals surface area contributed by atoms with Crippen molar-refractivity contribution in [2.24, 2.45) is 7.05 Å². The normalized spacial score (nSPS) is 15.8. The van der Waals surface area contributed by atoms with Crippen molar-refractivity contribution >= 4 is 17.9 Å². The third-order valence-electron chi connectivity index (χ3n) is 4.25. The van der Waals surface area contributed by atoms with Crippen LogP contribution < -0.4 is 9.64 Å². The largest absolute Gasteiger partial charge is 0.492 e. The summed E-state index contributed by atoms with van der Waals surface area (Å²) in [5.74, 6) is 0.980. The number of piperazine rings is 1. The third-order valence-corrected chi connectivity index (χ3v) is 4.77. The summed E-state index contributed by atoms with van der Waals surface area (Å²) in [5, 5.41) is 0. The Kier molecular flexibility index (Phi) is 5.03. The van der Waals surface area contributed by atoms with Crippen molar-refractivity contribution in [3.63, 3.8) is 0 Å². The molecular formula is C17H24N4OS. The summed E-state index contributed by atoms with van der Waals surface area (Å²) in [4.78, 5) is 4.85. The van der Waals surface area contributed by atoms with Gasteiger partial charge >= 0.3 is 0 Å². The summed E-state index contributed by atoms with van der Waals surface area (Å²) >= 11 is 5.41. The Bertz CT molecular complexity index is 701. The minimum Gasteiger partial charge on any atom is -0.492 e. The average molecular weight is 332 g/mol. The molecule has 124 valence electrons. The molecule has 0 N–H and O–H groups in total. The van der Waals surface area contributed by atoms with E-state index in [1.165, 1.54) is 5.69 Å². The first-order valence-electron chi connectivity index (χ1n) is 8.10. The predicted molar refractivity (Wildman–Crippen MR) is 95.6 cm³/mol. The van der Waals surface area contributed by atoms with Gasteiger partial charge in [0.25, 0.3) is 0 Å². The highest BCUT2D eigenvalue weighted by Gasteiger charge is 2.19. The minimum absolute atomic E-state index is 0.698. The molecule has 0 radical (unpaired) electrons. The predicted octanol–water partition coefficient (Wildman–Crippen LogP) is 2.73. The summed E-state index contributed by atoms with van der Waals surface area (Å²) in [6.07, 6.45) is 4.07. The SMILES string of the molecule is CCOc1ccccc1N1CCN(Cn2ccn(C)c2=S)CC1. The smallest absolute Gasteiger partial charge is 0.180 e. The molecule has 2 aromatic rings. The van der Waals surface area contributed by atoms with Crippen LogP contribution in [0.25, 0.3) is 0 Å². The van der Waals surface area contributed by atoms with E-state index < -0.39 is 0 Å². The van der Waals surface area contributed by atoms with E-state index in [9.17, 15) is 0 Å². The maximum Gasteiger partial charge on any atom is 0.180 e. The van der Waals surface area contributed by atoms with Crippen molar-refractivity contribution in [3.05, 3.63) is 41.4 Å². The number of para-hydroxylation sites is 2. The Balaban J connectivity index is 1.62. The number of hydrogen-bond donors (Lipinski definition) is 0. The number of rotatable bonds is 5. The molecule has 1 aromatic carbocycles. The molecule has 2 heterocycles. The van der Waals surface area contributed by atoms with E-state index in [1.807, 2.05) is 30.8 Å². The number of anilines is 1. The summed E-state index contributed by atoms with van der Waals surface area (Å²) in [7, 11) is 1.99. The molecule has 0 amide bonds. The first-order chi connectivity index (χ1) is 11.2. The lowest BCUT2D eigenvalue weighted by atomic mass is 10.2. The average Bonchev–Trinajstić information content (AvgIpc) is 2.89. The van der Waals surface area contributed by atoms with E-state index >= 15 is 0 Å². The molecule has 0 aliphatic carbocycles. The molecular weight excluding hydrogens is 308 g/mol. The van der Waals surface area contributed by atoms with Gasteiger partial charge in [0, 0.05) is 45.6 Å². The molecule has 23 heavy (non-hydrogen) atoms. The first-order valence-corrected chi connectivity index (χ1v) is 8.50. The van der Waals surface area contributed by atoms with Gasteiger partial charge in [0.2, 0.25) is 0 Å². The van der Waals surface area contributed by atoms with Crippen LogP contribution in [0, 0.1) is 4.77 Å². The number of imidazole rings is 1. The molecule has 0 atom stereocenters. The van der Waals surface area contributed by atoms with E-state index in [2.05, 4.69) is 38.8 Å². The lowest BCUT2D eigenvalue weighted by Crippen LogP contribution is -2.46. The van der Waals surface area contributed by atoms with Crippen LogP contribution in [-0.4, -0.2) is 46.8 Å². The highest BCUT2D eigenvalue weighted by Crippen LogP contribution is 2.28. The maximum absolute atomic E-state index is 5.76. The van der Waals surface area contributed by atoms with E-state index in [-0.39, 0.29) is 0 Å². The third kappa shape index (κ3) is 3.59. The molecule has 0 unspecified atom stereocenters. The Morgan fingerprint density at radius 3 is 2.48 bits per heavy atom. The van der Waals surface area contributed by atoms with Crippen molar-refractivity contribution in [1.82, 2.24) is 14.0 Å². The van der Waals surface area contributed by atoms with Gasteiger partial charge < -0.3 is 18.8 Å². The number of hydrogen-bond acceptors (Lipinski definition) is 4. The van der Waals surface area contributed by atoms with Gasteiger partial charge in [-0.15, -0.1) is 0 Å². The van der Waals surface area contributed by atoms with Gasteiger partial charge in [0.05, 0.1) is 19.0 Å². The number of nitrogens with zero attached hydrogens (tertiary/aromatic N) is 4. The molecule has 1 saturated heterocycles. The number of ether oxygens (including phenoxy) is 1. The Labute approximate surface area is 142 Å².